The number of ether oxygens (including phenoxy) is 1. The molecule has 0 saturated carbocycles. The van der Waals surface area contributed by atoms with Gasteiger partial charge in [-0.2, -0.15) is 10.2 Å². The summed E-state index contributed by atoms with van der Waals surface area (Å²) in [6.07, 6.45) is 2.14. The lowest BCUT2D eigenvalue weighted by molar-refractivity contribution is -0.140. The van der Waals surface area contributed by atoms with E-state index < -0.39 is 0 Å². The molecule has 0 aromatic carbocycles. The molecule has 0 rings (SSSR count). The molecule has 0 N–H and O–H groups in total. The Labute approximate surface area is 72.3 Å². The molecule has 4 heteroatoms. The van der Waals surface area contributed by atoms with Crippen LogP contribution in [0.25, 0.3) is 0 Å². The zero-order valence-electron chi connectivity index (χ0n) is 7.70. The maximum Gasteiger partial charge on any atom is 0.307 e. The highest BCUT2D eigenvalue weighted by atomic mass is 16.5. The van der Waals surface area contributed by atoms with Crippen molar-refractivity contribution in [2.45, 2.75) is 20.3 Å². The van der Waals surface area contributed by atoms with Crippen LogP contribution < -0.4 is 0 Å². The van der Waals surface area contributed by atoms with Crippen LogP contribution >= 0.6 is 0 Å². The Bertz CT molecular complexity index is 197. The molecule has 0 atom stereocenters. The average molecular weight is 170 g/mol. The summed E-state index contributed by atoms with van der Waals surface area (Å²) in [6, 6.07) is 0. The molecule has 12 heavy (non-hydrogen) atoms. The van der Waals surface area contributed by atoms with E-state index in [2.05, 4.69) is 15.0 Å². The third kappa shape index (κ3) is 5.58. The van der Waals surface area contributed by atoms with Crippen molar-refractivity contribution in [2.24, 2.45) is 10.2 Å². The van der Waals surface area contributed by atoms with E-state index in [1.165, 1.54) is 7.11 Å². The van der Waals surface area contributed by atoms with Gasteiger partial charge in [-0.1, -0.05) is 6.08 Å². The summed E-state index contributed by atoms with van der Waals surface area (Å²) in [7, 11) is 1.36. The summed E-state index contributed by atoms with van der Waals surface area (Å²) >= 11 is 0. The summed E-state index contributed by atoms with van der Waals surface area (Å²) in [6.45, 7) is 4.12. The third-order valence-electron chi connectivity index (χ3n) is 1.29. The predicted octanol–water partition coefficient (Wildman–Crippen LogP) is 1.93. The van der Waals surface area contributed by atoms with Gasteiger partial charge in [0.2, 0.25) is 0 Å². The van der Waals surface area contributed by atoms with Gasteiger partial charge in [-0.3, -0.25) is 4.79 Å². The summed E-state index contributed by atoms with van der Waals surface area (Å²) in [5.41, 5.74) is 0.847. The van der Waals surface area contributed by atoms with E-state index in [1.807, 2.05) is 19.9 Å². The van der Waals surface area contributed by atoms with Crippen LogP contribution in [-0.2, 0) is 9.53 Å². The van der Waals surface area contributed by atoms with Gasteiger partial charge < -0.3 is 4.74 Å². The summed E-state index contributed by atoms with van der Waals surface area (Å²) in [5, 5.41) is 7.61. The van der Waals surface area contributed by atoms with Gasteiger partial charge in [-0.05, 0) is 13.8 Å². The number of rotatable bonds is 4. The molecule has 0 saturated heterocycles. The van der Waals surface area contributed by atoms with Crippen LogP contribution in [0.5, 0.6) is 0 Å². The quantitative estimate of drug-likeness (QED) is 0.478. The van der Waals surface area contributed by atoms with Gasteiger partial charge >= 0.3 is 5.97 Å². The van der Waals surface area contributed by atoms with Crippen LogP contribution in [0.4, 0.5) is 0 Å². The molecular weight excluding hydrogens is 156 g/mol. The van der Waals surface area contributed by atoms with Crippen molar-refractivity contribution in [3.05, 3.63) is 11.8 Å². The Kier molecular flexibility index (Phi) is 5.87. The van der Waals surface area contributed by atoms with Crippen LogP contribution in [0.3, 0.4) is 0 Å². The first kappa shape index (κ1) is 10.8. The second-order valence-electron chi connectivity index (χ2n) is 2.22. The highest BCUT2D eigenvalue weighted by Gasteiger charge is 1.96. The average Bonchev–Trinajstić information content (AvgIpc) is 2.11. The Morgan fingerprint density at radius 2 is 2.25 bits per heavy atom. The first-order valence-electron chi connectivity index (χ1n) is 3.78. The number of azo groups is 1. The molecule has 0 radical (unpaired) electrons. The SMILES string of the molecule is C/C=C(C)\N=N/CCC(=O)OC. The fraction of sp³-hybridized carbons (Fsp3) is 0.625. The van der Waals surface area contributed by atoms with Gasteiger partial charge in [-0.15, -0.1) is 0 Å². The van der Waals surface area contributed by atoms with E-state index in [4.69, 9.17) is 0 Å². The minimum atomic E-state index is -0.257. The monoisotopic (exact) mass is 170 g/mol. The van der Waals surface area contributed by atoms with Crippen molar-refractivity contribution in [3.8, 4) is 0 Å². The number of hydrogen-bond donors (Lipinski definition) is 0. The van der Waals surface area contributed by atoms with E-state index in [9.17, 15) is 4.79 Å². The van der Waals surface area contributed by atoms with Crippen LogP contribution in [0, 0.1) is 0 Å². The molecule has 0 aliphatic heterocycles. The van der Waals surface area contributed by atoms with Gasteiger partial charge in [0, 0.05) is 0 Å². The Morgan fingerprint density at radius 3 is 2.75 bits per heavy atom. The number of carbonyl (C=O) groups is 1. The summed E-state index contributed by atoms with van der Waals surface area (Å²) in [5.74, 6) is -0.257. The maximum absolute atomic E-state index is 10.6. The molecule has 0 fully saturated rings. The molecule has 0 spiro atoms. The van der Waals surface area contributed by atoms with E-state index >= 15 is 0 Å². The van der Waals surface area contributed by atoms with Crippen LogP contribution in [0.2, 0.25) is 0 Å². The highest BCUT2D eigenvalue weighted by molar-refractivity contribution is 5.69. The maximum atomic E-state index is 10.6. The highest BCUT2D eigenvalue weighted by Crippen LogP contribution is 1.95. The van der Waals surface area contributed by atoms with Crippen molar-refractivity contribution >= 4 is 5.97 Å². The molecular formula is C8H14N2O2. The first-order chi connectivity index (χ1) is 5.70. The van der Waals surface area contributed by atoms with E-state index in [1.54, 1.807) is 0 Å². The predicted molar refractivity (Wildman–Crippen MR) is 45.8 cm³/mol. The second-order valence-corrected chi connectivity index (χ2v) is 2.22. The van der Waals surface area contributed by atoms with Crippen LogP contribution in [0.1, 0.15) is 20.3 Å². The molecule has 0 heterocycles. The number of carbonyl (C=O) groups excluding carboxylic acids is 1. The topological polar surface area (TPSA) is 51.0 Å². The Morgan fingerprint density at radius 1 is 1.58 bits per heavy atom. The normalized spacial score (nSPS) is 12.1. The van der Waals surface area contributed by atoms with Gasteiger partial charge in [-0.25, -0.2) is 0 Å². The van der Waals surface area contributed by atoms with Gasteiger partial charge in [0.05, 0.1) is 25.8 Å². The van der Waals surface area contributed by atoms with Crippen molar-refractivity contribution in [1.82, 2.24) is 0 Å². The van der Waals surface area contributed by atoms with Crippen molar-refractivity contribution < 1.29 is 9.53 Å². The minimum absolute atomic E-state index is 0.257. The van der Waals surface area contributed by atoms with Gasteiger partial charge in [0.25, 0.3) is 0 Å². The number of allylic oxidation sites excluding steroid dienone is 2. The fourth-order valence-electron chi connectivity index (χ4n) is 0.463. The van der Waals surface area contributed by atoms with Crippen molar-refractivity contribution in [2.75, 3.05) is 13.7 Å². The fourth-order valence-corrected chi connectivity index (χ4v) is 0.463. The largest absolute Gasteiger partial charge is 0.469 e. The molecule has 0 unspecified atom stereocenters. The lowest BCUT2D eigenvalue weighted by atomic mass is 10.4. The molecule has 0 aliphatic rings. The van der Waals surface area contributed by atoms with E-state index in [0.29, 0.717) is 6.54 Å². The third-order valence-corrected chi connectivity index (χ3v) is 1.29. The molecule has 68 valence electrons. The zero-order chi connectivity index (χ0) is 9.40. The number of methoxy groups -OCH3 is 1. The number of nitrogens with zero attached hydrogens (tertiary/aromatic N) is 2. The number of hydrogen-bond acceptors (Lipinski definition) is 4. The smallest absolute Gasteiger partial charge is 0.307 e. The van der Waals surface area contributed by atoms with E-state index in [-0.39, 0.29) is 12.4 Å². The Hall–Kier alpha value is -1.19. The summed E-state index contributed by atoms with van der Waals surface area (Å²) in [4.78, 5) is 10.6. The van der Waals surface area contributed by atoms with Gasteiger partial charge in [0.1, 0.15) is 0 Å². The molecule has 4 nitrogen and oxygen atoms in total. The first-order valence-corrected chi connectivity index (χ1v) is 3.78. The van der Waals surface area contributed by atoms with Crippen LogP contribution in [0.15, 0.2) is 22.0 Å². The molecule has 0 bridgehead atoms. The summed E-state index contributed by atoms with van der Waals surface area (Å²) < 4.78 is 4.43. The Balaban J connectivity index is 3.56. The lowest BCUT2D eigenvalue weighted by Crippen LogP contribution is -2.01. The second kappa shape index (κ2) is 6.52. The van der Waals surface area contributed by atoms with E-state index in [0.717, 1.165) is 5.70 Å². The van der Waals surface area contributed by atoms with Crippen molar-refractivity contribution in [1.29, 1.82) is 0 Å². The van der Waals surface area contributed by atoms with Crippen molar-refractivity contribution in [3.63, 3.8) is 0 Å². The minimum Gasteiger partial charge on any atom is -0.469 e. The standard InChI is InChI=1S/C8H14N2O2/c1-4-7(2)10-9-6-5-8(11)12-3/h4H,5-6H2,1-3H3/b7-4-,10-9-. The van der Waals surface area contributed by atoms with Gasteiger partial charge in [0.15, 0.2) is 0 Å². The molecule has 0 aromatic rings. The lowest BCUT2D eigenvalue weighted by Gasteiger charge is -1.93. The molecule has 0 amide bonds. The molecule has 0 aromatic heterocycles. The zero-order valence-corrected chi connectivity index (χ0v) is 7.70. The molecule has 0 aliphatic carbocycles. The van der Waals surface area contributed by atoms with Crippen LogP contribution in [-0.4, -0.2) is 19.6 Å². The number of esters is 1.